The van der Waals surface area contributed by atoms with Crippen molar-refractivity contribution in [2.75, 3.05) is 104 Å². The Morgan fingerprint density at radius 1 is 0.556 bits per heavy atom. The van der Waals surface area contributed by atoms with Gasteiger partial charge < -0.3 is 41.7 Å². The number of Topliss-reactive ketones (excluding diaryl/α,β-unsaturated/α-hetero) is 1. The third-order valence-electron chi connectivity index (χ3n) is 9.66. The molecule has 8 N–H and O–H groups in total. The van der Waals surface area contributed by atoms with Gasteiger partial charge in [0.25, 0.3) is 0 Å². The predicted octanol–water partition coefficient (Wildman–Crippen LogP) is -0.126. The lowest BCUT2D eigenvalue weighted by atomic mass is 10.0. The van der Waals surface area contributed by atoms with E-state index in [9.17, 15) is 63.6 Å². The van der Waals surface area contributed by atoms with Crippen molar-refractivity contribution in [3.63, 3.8) is 0 Å². The minimum absolute atomic E-state index is 0.0330. The van der Waals surface area contributed by atoms with E-state index < -0.39 is 60.2 Å². The summed E-state index contributed by atoms with van der Waals surface area (Å²) in [4.78, 5) is 116. The van der Waals surface area contributed by atoms with Gasteiger partial charge in [-0.3, -0.25) is 58.0 Å². The third-order valence-corrected chi connectivity index (χ3v) is 10.3. The topological polar surface area (TPSA) is 296 Å². The number of carboxylic acids is 4. The van der Waals surface area contributed by atoms with Crippen LogP contribution in [-0.4, -0.2) is 209 Å². The number of nitrogens with zero attached hydrogens (tertiary/aromatic N) is 4. The predicted molar refractivity (Wildman–Crippen MR) is 237 cm³/mol. The number of ketones is 1. The number of unbranched alkanes of at least 4 members (excludes halogenated alkanes) is 2. The second-order valence-corrected chi connectivity index (χ2v) is 16.7. The molecule has 1 rings (SSSR count). The zero-order valence-corrected chi connectivity index (χ0v) is 38.7. The number of rotatable bonds is 28. The maximum absolute atomic E-state index is 13.4. The molecular weight excluding hydrogens is 845 g/mol. The molecule has 0 bridgehead atoms. The van der Waals surface area contributed by atoms with Crippen molar-refractivity contribution in [3.8, 4) is 0 Å². The van der Waals surface area contributed by atoms with Gasteiger partial charge in [0, 0.05) is 77.7 Å². The Kier molecular flexibility index (Phi) is 32.6. The van der Waals surface area contributed by atoms with Crippen molar-refractivity contribution in [3.05, 3.63) is 0 Å². The summed E-state index contributed by atoms with van der Waals surface area (Å²) in [6, 6.07) is -2.29. The lowest BCUT2D eigenvalue weighted by molar-refractivity contribution is -0.142. The molecule has 0 spiro atoms. The second-order valence-electron chi connectivity index (χ2n) is 15.7. The van der Waals surface area contributed by atoms with Crippen LogP contribution in [0.4, 0.5) is 0 Å². The first-order valence-corrected chi connectivity index (χ1v) is 23.1. The van der Waals surface area contributed by atoms with Gasteiger partial charge in [-0.15, -0.1) is 0 Å². The molecule has 4 amide bonds. The minimum atomic E-state index is -1.26. The lowest BCUT2D eigenvalue weighted by Gasteiger charge is -2.33. The Bertz CT molecular complexity index is 1410. The number of aliphatic carboxylic acids is 4. The molecule has 0 aliphatic carbocycles. The van der Waals surface area contributed by atoms with Crippen LogP contribution < -0.4 is 21.3 Å². The highest BCUT2D eigenvalue weighted by atomic mass is 32.2. The van der Waals surface area contributed by atoms with Crippen molar-refractivity contribution in [1.29, 1.82) is 0 Å². The Hall–Kier alpha value is -4.38. The highest BCUT2D eigenvalue weighted by Crippen LogP contribution is 2.08. The Balaban J connectivity index is 0.0000124. The quantitative estimate of drug-likeness (QED) is 0.0475. The monoisotopic (exact) mass is 919 g/mol. The summed E-state index contributed by atoms with van der Waals surface area (Å²) in [5.41, 5.74) is 0. The number of carbonyl (C=O) groups is 9. The van der Waals surface area contributed by atoms with Crippen LogP contribution in [0.2, 0.25) is 0 Å². The molecule has 1 aliphatic heterocycles. The smallest absolute Gasteiger partial charge is 0.326 e. The third kappa shape index (κ3) is 31.2. The van der Waals surface area contributed by atoms with Crippen LogP contribution in [0, 0.1) is 5.92 Å². The summed E-state index contributed by atoms with van der Waals surface area (Å²) in [6.07, 6.45) is 6.14. The molecule has 1 aliphatic rings. The maximum atomic E-state index is 13.4. The van der Waals surface area contributed by atoms with Crippen LogP contribution in [0.1, 0.15) is 85.5 Å². The first-order chi connectivity index (χ1) is 29.8. The molecule has 22 heteroatoms. The summed E-state index contributed by atoms with van der Waals surface area (Å²) >= 11 is 1.43. The van der Waals surface area contributed by atoms with E-state index in [0.29, 0.717) is 44.4 Å². The summed E-state index contributed by atoms with van der Waals surface area (Å²) in [5, 5.41) is 48.3. The summed E-state index contributed by atoms with van der Waals surface area (Å²) in [7, 11) is 0. The number of carboxylic acid groups (broad SMARTS) is 4. The highest BCUT2D eigenvalue weighted by molar-refractivity contribution is 7.98. The average Bonchev–Trinajstić information content (AvgIpc) is 3.19. The largest absolute Gasteiger partial charge is 0.480 e. The number of carbonyl (C=O) groups excluding carboxylic acids is 5. The second kappa shape index (κ2) is 35.0. The fourth-order valence-electron chi connectivity index (χ4n) is 6.19. The number of thioether (sulfide) groups is 1. The van der Waals surface area contributed by atoms with E-state index in [1.54, 1.807) is 19.6 Å². The van der Waals surface area contributed by atoms with Crippen LogP contribution in [0.25, 0.3) is 0 Å². The van der Waals surface area contributed by atoms with Gasteiger partial charge in [0.15, 0.2) is 0 Å². The molecule has 362 valence electrons. The Morgan fingerprint density at radius 2 is 1.00 bits per heavy atom. The maximum Gasteiger partial charge on any atom is 0.326 e. The van der Waals surface area contributed by atoms with Crippen LogP contribution in [0.3, 0.4) is 0 Å². The van der Waals surface area contributed by atoms with Crippen molar-refractivity contribution in [1.82, 2.24) is 40.9 Å². The molecule has 2 unspecified atom stereocenters. The van der Waals surface area contributed by atoms with Crippen molar-refractivity contribution in [2.24, 2.45) is 5.92 Å². The van der Waals surface area contributed by atoms with E-state index in [1.807, 2.05) is 20.1 Å². The van der Waals surface area contributed by atoms with E-state index in [0.717, 1.165) is 0 Å². The minimum Gasteiger partial charge on any atom is -0.480 e. The van der Waals surface area contributed by atoms with Gasteiger partial charge in [-0.05, 0) is 50.5 Å². The van der Waals surface area contributed by atoms with Gasteiger partial charge in [0.2, 0.25) is 23.6 Å². The zero-order valence-electron chi connectivity index (χ0n) is 37.9. The molecule has 0 aromatic carbocycles. The molecule has 63 heavy (non-hydrogen) atoms. The van der Waals surface area contributed by atoms with Crippen LogP contribution in [0.5, 0.6) is 0 Å². The molecule has 0 saturated carbocycles. The molecule has 0 aromatic heterocycles. The van der Waals surface area contributed by atoms with Crippen molar-refractivity contribution < 1.29 is 63.6 Å². The summed E-state index contributed by atoms with van der Waals surface area (Å²) < 4.78 is 0. The highest BCUT2D eigenvalue weighted by Gasteiger charge is 2.26. The number of hydrogen-bond acceptors (Lipinski definition) is 14. The normalized spacial score (nSPS) is 15.6. The van der Waals surface area contributed by atoms with Crippen LogP contribution in [-0.2, 0) is 43.2 Å². The lowest BCUT2D eigenvalue weighted by Crippen LogP contribution is -2.53. The average molecular weight is 919 g/mol. The number of nitrogens with one attached hydrogen (secondary N) is 4. The standard InChI is InChI=1S/C38H66N8O13S.C3H8/c1-27(2)30(47)9-4-5-10-31(48)39-12-7-6-8-29(38(58)59)42-32(49)22-40-37(57)28(11-21-60-3)41-33(50)23-43-13-15-44(24-34(51)52)17-19-46(26-36(55)56)20-18-45(16-14-43)25-35(53)54;1-3-2/h27-29H,4-26H2,1-3H3,(H,39,48)(H,40,57)(H,41,50)(H,42,49)(H,51,52)(H,53,54)(H,55,56)(H,58,59);3H2,1-2H3. The first kappa shape index (κ1) is 58.6. The van der Waals surface area contributed by atoms with Crippen molar-refractivity contribution >= 4 is 65.1 Å². The summed E-state index contributed by atoms with van der Waals surface area (Å²) in [5.74, 6) is -6.03. The fourth-order valence-corrected chi connectivity index (χ4v) is 6.66. The zero-order chi connectivity index (χ0) is 47.7. The van der Waals surface area contributed by atoms with E-state index in [1.165, 1.54) is 18.2 Å². The molecule has 1 saturated heterocycles. The van der Waals surface area contributed by atoms with E-state index >= 15 is 0 Å². The van der Waals surface area contributed by atoms with Crippen molar-refractivity contribution in [2.45, 2.75) is 97.6 Å². The van der Waals surface area contributed by atoms with Gasteiger partial charge in [-0.1, -0.05) is 34.1 Å². The molecule has 1 fully saturated rings. The molecular formula is C41H74N8O13S. The van der Waals surface area contributed by atoms with Gasteiger partial charge in [-0.2, -0.15) is 11.8 Å². The fraction of sp³-hybridized carbons (Fsp3) is 0.780. The molecule has 1 heterocycles. The Morgan fingerprint density at radius 3 is 1.43 bits per heavy atom. The number of amides is 4. The molecule has 2 atom stereocenters. The molecule has 0 radical (unpaired) electrons. The van der Waals surface area contributed by atoms with E-state index in [2.05, 4.69) is 35.1 Å². The van der Waals surface area contributed by atoms with E-state index in [4.69, 9.17) is 0 Å². The molecule has 0 aromatic rings. The van der Waals surface area contributed by atoms with Gasteiger partial charge in [0.1, 0.15) is 17.9 Å². The number of hydrogen-bond donors (Lipinski definition) is 8. The molecule has 21 nitrogen and oxygen atoms in total. The van der Waals surface area contributed by atoms with Gasteiger partial charge >= 0.3 is 23.9 Å². The van der Waals surface area contributed by atoms with Gasteiger partial charge in [-0.25, -0.2) is 4.79 Å². The van der Waals surface area contributed by atoms with E-state index in [-0.39, 0.29) is 115 Å². The SMILES string of the molecule is CCC.CSCCC(NC(=O)CN1CCN(CC(=O)O)CCN(CC(=O)O)CCN(CC(=O)O)CC1)C(=O)NCC(=O)NC(CCCCNC(=O)CCCCC(=O)C(C)C)C(=O)O. The van der Waals surface area contributed by atoms with Crippen LogP contribution in [0.15, 0.2) is 0 Å². The first-order valence-electron chi connectivity index (χ1n) is 21.7. The van der Waals surface area contributed by atoms with Gasteiger partial charge in [0.05, 0.1) is 32.7 Å². The Labute approximate surface area is 375 Å². The summed E-state index contributed by atoms with van der Waals surface area (Å²) in [6.45, 7) is 8.16. The van der Waals surface area contributed by atoms with Crippen LogP contribution >= 0.6 is 11.8 Å².